The van der Waals surface area contributed by atoms with E-state index >= 15 is 0 Å². The van der Waals surface area contributed by atoms with Crippen LogP contribution < -0.4 is 10.6 Å². The minimum Gasteiger partial charge on any atom is -0.399 e. The van der Waals surface area contributed by atoms with Crippen LogP contribution in [0.15, 0.2) is 18.2 Å². The second-order valence-electron chi connectivity index (χ2n) is 5.87. The number of carbonyl (C=O) groups is 1. The third kappa shape index (κ3) is 1.61. The van der Waals surface area contributed by atoms with Crippen LogP contribution in [-0.2, 0) is 11.2 Å². The van der Waals surface area contributed by atoms with E-state index in [2.05, 4.69) is 13.8 Å². The number of benzene rings is 1. The molecule has 0 spiro atoms. The molecular weight excluding hydrogens is 212 g/mol. The number of hydrogen-bond acceptors (Lipinski definition) is 2. The van der Waals surface area contributed by atoms with Gasteiger partial charge in [0.25, 0.3) is 0 Å². The van der Waals surface area contributed by atoms with Crippen molar-refractivity contribution in [1.29, 1.82) is 0 Å². The molecule has 2 aliphatic rings. The summed E-state index contributed by atoms with van der Waals surface area (Å²) in [5.41, 5.74) is 9.00. The first-order chi connectivity index (χ1) is 7.99. The van der Waals surface area contributed by atoms with Crippen LogP contribution in [0.5, 0.6) is 0 Å². The molecular formula is C14H18N2O. The van der Waals surface area contributed by atoms with E-state index in [0.717, 1.165) is 30.8 Å². The molecule has 90 valence electrons. The van der Waals surface area contributed by atoms with Gasteiger partial charge in [0, 0.05) is 23.8 Å². The molecule has 2 N–H and O–H groups in total. The maximum absolute atomic E-state index is 12.4. The summed E-state index contributed by atoms with van der Waals surface area (Å²) in [6.07, 6.45) is 1.97. The summed E-state index contributed by atoms with van der Waals surface area (Å²) >= 11 is 0. The Morgan fingerprint density at radius 3 is 2.82 bits per heavy atom. The molecule has 1 aliphatic carbocycles. The normalized spacial score (nSPS) is 24.6. The summed E-state index contributed by atoms with van der Waals surface area (Å²) in [7, 11) is 0. The van der Waals surface area contributed by atoms with Gasteiger partial charge in [-0.3, -0.25) is 4.79 Å². The van der Waals surface area contributed by atoms with Crippen LogP contribution in [0.25, 0.3) is 0 Å². The van der Waals surface area contributed by atoms with Crippen LogP contribution in [0.3, 0.4) is 0 Å². The number of nitrogen functional groups attached to an aromatic ring is 1. The molecule has 1 fully saturated rings. The topological polar surface area (TPSA) is 46.3 Å². The van der Waals surface area contributed by atoms with Gasteiger partial charge in [0.2, 0.25) is 5.91 Å². The maximum Gasteiger partial charge on any atom is 0.230 e. The van der Waals surface area contributed by atoms with Crippen molar-refractivity contribution in [2.45, 2.75) is 26.7 Å². The predicted octanol–water partition coefficient (Wildman–Crippen LogP) is 2.20. The van der Waals surface area contributed by atoms with Crippen LogP contribution >= 0.6 is 0 Å². The molecule has 1 aromatic rings. The van der Waals surface area contributed by atoms with Gasteiger partial charge in [-0.15, -0.1) is 0 Å². The minimum absolute atomic E-state index is 0.195. The van der Waals surface area contributed by atoms with Gasteiger partial charge in [-0.25, -0.2) is 0 Å². The number of carbonyl (C=O) groups excluding carboxylic acids is 1. The van der Waals surface area contributed by atoms with Gasteiger partial charge < -0.3 is 10.6 Å². The molecule has 0 bridgehead atoms. The van der Waals surface area contributed by atoms with Gasteiger partial charge in [-0.05, 0) is 36.0 Å². The quantitative estimate of drug-likeness (QED) is 0.752. The lowest BCUT2D eigenvalue weighted by Gasteiger charge is -2.18. The highest BCUT2D eigenvalue weighted by Gasteiger charge is 2.52. The van der Waals surface area contributed by atoms with Crippen molar-refractivity contribution in [2.24, 2.45) is 11.3 Å². The fourth-order valence-electron chi connectivity index (χ4n) is 2.70. The van der Waals surface area contributed by atoms with Gasteiger partial charge in [0.05, 0.1) is 0 Å². The molecule has 3 rings (SSSR count). The SMILES string of the molecule is CC1(C)CC1C(=O)N1CCc2ccc(N)cc21. The fraction of sp³-hybridized carbons (Fsp3) is 0.500. The number of nitrogens with zero attached hydrogens (tertiary/aromatic N) is 1. The Morgan fingerprint density at radius 1 is 1.47 bits per heavy atom. The zero-order valence-corrected chi connectivity index (χ0v) is 10.4. The largest absolute Gasteiger partial charge is 0.399 e. The van der Waals surface area contributed by atoms with E-state index < -0.39 is 0 Å². The molecule has 0 saturated heterocycles. The molecule has 1 aliphatic heterocycles. The summed E-state index contributed by atoms with van der Waals surface area (Å²) in [6, 6.07) is 5.87. The van der Waals surface area contributed by atoms with Gasteiger partial charge in [0.15, 0.2) is 0 Å². The van der Waals surface area contributed by atoms with Crippen molar-refractivity contribution in [3.8, 4) is 0 Å². The number of amides is 1. The number of rotatable bonds is 1. The lowest BCUT2D eigenvalue weighted by atomic mass is 10.1. The van der Waals surface area contributed by atoms with E-state index in [1.165, 1.54) is 5.56 Å². The van der Waals surface area contributed by atoms with E-state index in [1.54, 1.807) is 0 Å². The van der Waals surface area contributed by atoms with Crippen LogP contribution in [-0.4, -0.2) is 12.5 Å². The molecule has 3 heteroatoms. The molecule has 1 unspecified atom stereocenters. The summed E-state index contributed by atoms with van der Waals surface area (Å²) in [4.78, 5) is 14.3. The van der Waals surface area contributed by atoms with Crippen molar-refractivity contribution in [3.05, 3.63) is 23.8 Å². The van der Waals surface area contributed by atoms with E-state index in [9.17, 15) is 4.79 Å². The summed E-state index contributed by atoms with van der Waals surface area (Å²) in [5, 5.41) is 0. The molecule has 3 nitrogen and oxygen atoms in total. The van der Waals surface area contributed by atoms with Crippen molar-refractivity contribution in [2.75, 3.05) is 17.2 Å². The Bertz CT molecular complexity index is 493. The first-order valence-electron chi connectivity index (χ1n) is 6.19. The molecule has 17 heavy (non-hydrogen) atoms. The molecule has 0 aromatic heterocycles. The third-order valence-corrected chi connectivity index (χ3v) is 4.08. The smallest absolute Gasteiger partial charge is 0.230 e. The van der Waals surface area contributed by atoms with Gasteiger partial charge in [-0.2, -0.15) is 0 Å². The standard InChI is InChI=1S/C14H18N2O/c1-14(2)8-11(14)13(17)16-6-5-9-3-4-10(15)7-12(9)16/h3-4,7,11H,5-6,8,15H2,1-2H3. The zero-order chi connectivity index (χ0) is 12.2. The fourth-order valence-corrected chi connectivity index (χ4v) is 2.70. The van der Waals surface area contributed by atoms with E-state index in [0.29, 0.717) is 0 Å². The average molecular weight is 230 g/mol. The zero-order valence-electron chi connectivity index (χ0n) is 10.4. The highest BCUT2D eigenvalue weighted by Crippen LogP contribution is 2.53. The lowest BCUT2D eigenvalue weighted by Crippen LogP contribution is -2.31. The van der Waals surface area contributed by atoms with Gasteiger partial charge in [-0.1, -0.05) is 19.9 Å². The summed E-state index contributed by atoms with van der Waals surface area (Å²) in [6.45, 7) is 5.13. The van der Waals surface area contributed by atoms with Gasteiger partial charge >= 0.3 is 0 Å². The lowest BCUT2D eigenvalue weighted by molar-refractivity contribution is -0.120. The highest BCUT2D eigenvalue weighted by molar-refractivity contribution is 5.99. The predicted molar refractivity (Wildman–Crippen MR) is 68.8 cm³/mol. The molecule has 1 saturated carbocycles. The van der Waals surface area contributed by atoms with Crippen LogP contribution in [0.2, 0.25) is 0 Å². The molecule has 0 radical (unpaired) electrons. The monoisotopic (exact) mass is 230 g/mol. The maximum atomic E-state index is 12.4. The second-order valence-corrected chi connectivity index (χ2v) is 5.87. The Kier molecular flexibility index (Phi) is 2.03. The first-order valence-corrected chi connectivity index (χ1v) is 6.19. The van der Waals surface area contributed by atoms with Crippen molar-refractivity contribution >= 4 is 17.3 Å². The number of hydrogen-bond donors (Lipinski definition) is 1. The van der Waals surface area contributed by atoms with Crippen molar-refractivity contribution < 1.29 is 4.79 Å². The van der Waals surface area contributed by atoms with Gasteiger partial charge in [0.1, 0.15) is 0 Å². The van der Waals surface area contributed by atoms with Crippen molar-refractivity contribution in [3.63, 3.8) is 0 Å². The Hall–Kier alpha value is -1.51. The molecule has 1 amide bonds. The second kappa shape index (κ2) is 3.25. The Balaban J connectivity index is 1.89. The number of nitrogens with two attached hydrogens (primary N) is 1. The average Bonchev–Trinajstić information content (AvgIpc) is 2.72. The number of fused-ring (bicyclic) bond motifs is 1. The summed E-state index contributed by atoms with van der Waals surface area (Å²) < 4.78 is 0. The third-order valence-electron chi connectivity index (χ3n) is 4.08. The highest BCUT2D eigenvalue weighted by atomic mass is 16.2. The number of anilines is 2. The Labute approximate surface area is 102 Å². The minimum atomic E-state index is 0.195. The van der Waals surface area contributed by atoms with Crippen LogP contribution in [0.1, 0.15) is 25.8 Å². The molecule has 1 atom stereocenters. The Morgan fingerprint density at radius 2 is 2.18 bits per heavy atom. The van der Waals surface area contributed by atoms with E-state index in [-0.39, 0.29) is 17.2 Å². The summed E-state index contributed by atoms with van der Waals surface area (Å²) in [5.74, 6) is 0.481. The van der Waals surface area contributed by atoms with E-state index in [1.807, 2.05) is 23.1 Å². The molecule has 1 heterocycles. The molecule has 1 aromatic carbocycles. The van der Waals surface area contributed by atoms with E-state index in [4.69, 9.17) is 5.73 Å². The van der Waals surface area contributed by atoms with Crippen LogP contribution in [0.4, 0.5) is 11.4 Å². The van der Waals surface area contributed by atoms with Crippen LogP contribution in [0, 0.1) is 11.3 Å². The first kappa shape index (κ1) is 10.6. The van der Waals surface area contributed by atoms with Crippen molar-refractivity contribution in [1.82, 2.24) is 0 Å².